The molecule has 21 heavy (non-hydrogen) atoms. The van der Waals surface area contributed by atoms with Crippen molar-refractivity contribution in [2.24, 2.45) is 0 Å². The maximum Gasteiger partial charge on any atom is 0.416 e. The van der Waals surface area contributed by atoms with Crippen LogP contribution in [0, 0.1) is 0 Å². The van der Waals surface area contributed by atoms with Crippen molar-refractivity contribution in [2.45, 2.75) is 25.2 Å². The number of alkyl halides is 4. The predicted molar refractivity (Wildman–Crippen MR) is 82.3 cm³/mol. The van der Waals surface area contributed by atoms with Gasteiger partial charge in [0.1, 0.15) is 0 Å². The summed E-state index contributed by atoms with van der Waals surface area (Å²) in [5, 5.41) is 0. The van der Waals surface area contributed by atoms with E-state index in [1.807, 2.05) is 0 Å². The van der Waals surface area contributed by atoms with E-state index in [4.69, 9.17) is 0 Å². The fraction of sp³-hybridized carbons (Fsp3) is 0.500. The first kappa shape index (κ1) is 16.4. The minimum absolute atomic E-state index is 0.0650. The van der Waals surface area contributed by atoms with Crippen LogP contribution in [0.2, 0.25) is 0 Å². The van der Waals surface area contributed by atoms with Crippen molar-refractivity contribution in [1.82, 2.24) is 9.80 Å². The van der Waals surface area contributed by atoms with E-state index in [9.17, 15) is 18.0 Å². The highest BCUT2D eigenvalue weighted by Gasteiger charge is 2.34. The van der Waals surface area contributed by atoms with Crippen LogP contribution in [0.4, 0.5) is 18.0 Å². The number of urea groups is 1. The van der Waals surface area contributed by atoms with Gasteiger partial charge in [0.2, 0.25) is 0 Å². The Balaban J connectivity index is 2.04. The van der Waals surface area contributed by atoms with Crippen LogP contribution in [0.15, 0.2) is 24.3 Å². The van der Waals surface area contributed by atoms with Crippen LogP contribution in [0.5, 0.6) is 0 Å². The van der Waals surface area contributed by atoms with E-state index in [1.165, 1.54) is 12.1 Å². The molecule has 7 heteroatoms. The zero-order valence-corrected chi connectivity index (χ0v) is 13.7. The second-order valence-electron chi connectivity index (χ2n) is 5.10. The highest BCUT2D eigenvalue weighted by Crippen LogP contribution is 2.29. The molecule has 0 unspecified atom stereocenters. The molecule has 1 aliphatic heterocycles. The highest BCUT2D eigenvalue weighted by molar-refractivity contribution is 14.1. The molecule has 1 atom stereocenters. The van der Waals surface area contributed by atoms with Crippen LogP contribution in [0.3, 0.4) is 0 Å². The van der Waals surface area contributed by atoms with Crippen LogP contribution in [0.1, 0.15) is 17.5 Å². The molecular formula is C14H16F3IN2O. The van der Waals surface area contributed by atoms with E-state index in [1.54, 1.807) is 16.8 Å². The van der Waals surface area contributed by atoms with Crippen molar-refractivity contribution in [2.75, 3.05) is 18.0 Å². The van der Waals surface area contributed by atoms with Crippen molar-refractivity contribution in [3.05, 3.63) is 35.4 Å². The summed E-state index contributed by atoms with van der Waals surface area (Å²) in [5.74, 6) is 0. The van der Waals surface area contributed by atoms with Crippen molar-refractivity contribution >= 4 is 28.6 Å². The summed E-state index contributed by atoms with van der Waals surface area (Å²) in [5.41, 5.74) is 0.0405. The van der Waals surface area contributed by atoms with Gasteiger partial charge in [0.25, 0.3) is 0 Å². The molecule has 0 aliphatic carbocycles. The number of hydrogen-bond acceptors (Lipinski definition) is 1. The summed E-state index contributed by atoms with van der Waals surface area (Å²) < 4.78 is 38.5. The molecule has 1 heterocycles. The van der Waals surface area contributed by atoms with E-state index >= 15 is 0 Å². The Hall–Kier alpha value is -0.990. The molecule has 0 N–H and O–H groups in total. The third-order valence-electron chi connectivity index (χ3n) is 3.65. The van der Waals surface area contributed by atoms with Gasteiger partial charge >= 0.3 is 12.2 Å². The minimum Gasteiger partial charge on any atom is -0.323 e. The summed E-state index contributed by atoms with van der Waals surface area (Å²) in [6.45, 7) is 0.971. The van der Waals surface area contributed by atoms with Crippen LogP contribution >= 0.6 is 22.6 Å². The number of rotatable bonds is 4. The van der Waals surface area contributed by atoms with Gasteiger partial charge in [-0.15, -0.1) is 0 Å². The summed E-state index contributed by atoms with van der Waals surface area (Å²) in [6.07, 6.45) is -3.40. The average Bonchev–Trinajstić information content (AvgIpc) is 2.67. The highest BCUT2D eigenvalue weighted by atomic mass is 127. The molecule has 1 aromatic rings. The molecule has 2 amide bonds. The van der Waals surface area contributed by atoms with Gasteiger partial charge in [-0.05, 0) is 24.1 Å². The zero-order valence-electron chi connectivity index (χ0n) is 11.5. The Labute approximate surface area is 135 Å². The molecule has 1 fully saturated rings. The lowest BCUT2D eigenvalue weighted by Gasteiger charge is -2.16. The molecule has 0 saturated carbocycles. The second kappa shape index (κ2) is 6.41. The first-order valence-corrected chi connectivity index (χ1v) is 8.09. The molecule has 2 rings (SSSR count). The summed E-state index contributed by atoms with van der Waals surface area (Å²) >= 11 is 2.27. The number of amides is 2. The van der Waals surface area contributed by atoms with Crippen LogP contribution < -0.4 is 0 Å². The monoisotopic (exact) mass is 412 g/mol. The smallest absolute Gasteiger partial charge is 0.323 e. The molecule has 0 radical (unpaired) electrons. The largest absolute Gasteiger partial charge is 0.416 e. The number of carbonyl (C=O) groups excluding carboxylic acids is 1. The number of hydrogen-bond donors (Lipinski definition) is 0. The molecule has 1 aromatic carbocycles. The first-order valence-electron chi connectivity index (χ1n) is 6.56. The van der Waals surface area contributed by atoms with E-state index in [-0.39, 0.29) is 12.1 Å². The molecule has 3 nitrogen and oxygen atoms in total. The number of carbonyl (C=O) groups is 1. The topological polar surface area (TPSA) is 23.6 Å². The van der Waals surface area contributed by atoms with Gasteiger partial charge in [-0.3, -0.25) is 0 Å². The average molecular weight is 412 g/mol. The fourth-order valence-corrected chi connectivity index (χ4v) is 3.12. The molecule has 1 aliphatic rings. The van der Waals surface area contributed by atoms with Gasteiger partial charge in [0.05, 0.1) is 11.6 Å². The maximum absolute atomic E-state index is 12.5. The normalized spacial score (nSPS) is 19.5. The molecule has 0 spiro atoms. The second-order valence-corrected chi connectivity index (χ2v) is 6.18. The van der Waals surface area contributed by atoms with Crippen molar-refractivity contribution < 1.29 is 18.0 Å². The molecule has 0 aromatic heterocycles. The zero-order chi connectivity index (χ0) is 15.6. The Morgan fingerprint density at radius 3 is 2.43 bits per heavy atom. The van der Waals surface area contributed by atoms with Crippen LogP contribution in [-0.4, -0.2) is 39.9 Å². The van der Waals surface area contributed by atoms with Crippen LogP contribution in [0.25, 0.3) is 0 Å². The Morgan fingerprint density at radius 1 is 1.29 bits per heavy atom. The van der Waals surface area contributed by atoms with Crippen LogP contribution in [-0.2, 0) is 12.7 Å². The lowest BCUT2D eigenvalue weighted by Crippen LogP contribution is -2.31. The van der Waals surface area contributed by atoms with E-state index in [2.05, 4.69) is 22.6 Å². The molecular weight excluding hydrogens is 396 g/mol. The van der Waals surface area contributed by atoms with E-state index < -0.39 is 11.7 Å². The van der Waals surface area contributed by atoms with Gasteiger partial charge in [-0.1, -0.05) is 34.7 Å². The number of halogens is 4. The summed E-state index contributed by atoms with van der Waals surface area (Å²) in [7, 11) is 1.77. The quantitative estimate of drug-likeness (QED) is 0.546. The van der Waals surface area contributed by atoms with Gasteiger partial charge in [0.15, 0.2) is 0 Å². The third kappa shape index (κ3) is 3.81. The van der Waals surface area contributed by atoms with Crippen molar-refractivity contribution in [3.8, 4) is 0 Å². The number of likely N-dealkylation sites (N-methyl/N-ethyl adjacent to an activating group) is 1. The number of benzene rings is 1. The van der Waals surface area contributed by atoms with E-state index in [0.717, 1.165) is 23.0 Å². The lowest BCUT2D eigenvalue weighted by atomic mass is 10.1. The lowest BCUT2D eigenvalue weighted by molar-refractivity contribution is -0.137. The van der Waals surface area contributed by atoms with Crippen molar-refractivity contribution in [1.29, 1.82) is 0 Å². The van der Waals surface area contributed by atoms with Gasteiger partial charge in [-0.25, -0.2) is 4.79 Å². The van der Waals surface area contributed by atoms with E-state index in [0.29, 0.717) is 18.7 Å². The Morgan fingerprint density at radius 2 is 1.90 bits per heavy atom. The standard InChI is InChI=1S/C14H16F3IN2O/c1-19-12(6-7-18)9-20(13(19)21)8-10-2-4-11(5-3-10)14(15,16)17/h2-5,12H,6-9H2,1H3/t12-/m0/s1. The summed E-state index contributed by atoms with van der Waals surface area (Å²) in [4.78, 5) is 15.5. The molecule has 1 saturated heterocycles. The molecule has 0 bridgehead atoms. The third-order valence-corrected chi connectivity index (χ3v) is 4.27. The van der Waals surface area contributed by atoms with Crippen molar-refractivity contribution in [3.63, 3.8) is 0 Å². The van der Waals surface area contributed by atoms with Gasteiger partial charge in [-0.2, -0.15) is 13.2 Å². The Bertz CT molecular complexity index is 504. The summed E-state index contributed by atoms with van der Waals surface area (Å²) in [6, 6.07) is 5.10. The predicted octanol–water partition coefficient (Wildman–Crippen LogP) is 3.77. The van der Waals surface area contributed by atoms with Gasteiger partial charge < -0.3 is 9.80 Å². The maximum atomic E-state index is 12.5. The Kier molecular flexibility index (Phi) is 5.00. The fourth-order valence-electron chi connectivity index (χ4n) is 2.40. The molecule has 116 valence electrons. The number of nitrogens with zero attached hydrogens (tertiary/aromatic N) is 2. The minimum atomic E-state index is -4.33. The SMILES string of the molecule is CN1C(=O)N(Cc2ccc(C(F)(F)F)cc2)C[C@@H]1CCI. The van der Waals surface area contributed by atoms with Gasteiger partial charge in [0, 0.05) is 24.6 Å². The first-order chi connectivity index (χ1) is 9.82.